The van der Waals surface area contributed by atoms with Crippen LogP contribution in [-0.4, -0.2) is 33.9 Å². The Labute approximate surface area is 193 Å². The van der Waals surface area contributed by atoms with Gasteiger partial charge in [0.05, 0.1) is 21.7 Å². The Kier molecular flexibility index (Phi) is 8.15. The molecule has 6 nitrogen and oxygen atoms in total. The van der Waals surface area contributed by atoms with Gasteiger partial charge in [0, 0.05) is 25.4 Å². The second-order valence-corrected chi connectivity index (χ2v) is 8.55. The lowest BCUT2D eigenvalue weighted by Gasteiger charge is -2.17. The molecule has 0 saturated heterocycles. The molecule has 1 heterocycles. The molecule has 2 aromatic carbocycles. The molecule has 3 rings (SSSR count). The largest absolute Gasteiger partial charge is 0.416 e. The third-order valence-electron chi connectivity index (χ3n) is 4.81. The van der Waals surface area contributed by atoms with Crippen molar-refractivity contribution in [3.63, 3.8) is 0 Å². The van der Waals surface area contributed by atoms with Crippen LogP contribution in [0.3, 0.4) is 0 Å². The van der Waals surface area contributed by atoms with Crippen LogP contribution in [0.5, 0.6) is 0 Å². The summed E-state index contributed by atoms with van der Waals surface area (Å²) in [6.45, 7) is 4.90. The van der Waals surface area contributed by atoms with Gasteiger partial charge in [0.15, 0.2) is 5.16 Å². The first-order chi connectivity index (χ1) is 15.7. The number of anilines is 1. The second kappa shape index (κ2) is 10.8. The predicted molar refractivity (Wildman–Crippen MR) is 123 cm³/mol. The molecule has 0 aliphatic carbocycles. The minimum Gasteiger partial charge on any atom is -0.382 e. The van der Waals surface area contributed by atoms with Crippen LogP contribution in [0.1, 0.15) is 25.8 Å². The van der Waals surface area contributed by atoms with Gasteiger partial charge in [0.25, 0.3) is 5.56 Å². The number of hydrogen-bond acceptors (Lipinski definition) is 5. The smallest absolute Gasteiger partial charge is 0.382 e. The number of hydrogen-bond donors (Lipinski definition) is 1. The topological polar surface area (TPSA) is 73.2 Å². The van der Waals surface area contributed by atoms with Crippen LogP contribution in [0, 0.1) is 0 Å². The molecule has 0 radical (unpaired) electrons. The average molecular weight is 480 g/mol. The lowest BCUT2D eigenvalue weighted by Crippen LogP contribution is -2.27. The molecule has 1 N–H and O–H groups in total. The number of carbonyl (C=O) groups is 1. The number of thioether (sulfide) groups is 1. The minimum absolute atomic E-state index is 0.0443. The van der Waals surface area contributed by atoms with E-state index in [-0.39, 0.29) is 11.2 Å². The van der Waals surface area contributed by atoms with E-state index in [1.807, 2.05) is 6.92 Å². The number of fused-ring (bicyclic) bond motifs is 1. The molecule has 3 aromatic rings. The third-order valence-corrected chi connectivity index (χ3v) is 5.90. The van der Waals surface area contributed by atoms with Gasteiger partial charge >= 0.3 is 6.18 Å². The molecule has 33 heavy (non-hydrogen) atoms. The van der Waals surface area contributed by atoms with Gasteiger partial charge in [-0.2, -0.15) is 13.2 Å². The zero-order valence-electron chi connectivity index (χ0n) is 18.2. The summed E-state index contributed by atoms with van der Waals surface area (Å²) in [7, 11) is 0. The number of halogens is 3. The third kappa shape index (κ3) is 6.35. The Morgan fingerprint density at radius 2 is 1.97 bits per heavy atom. The van der Waals surface area contributed by atoms with Crippen LogP contribution in [0.2, 0.25) is 0 Å². The molecular formula is C23H24F3N3O3S. The summed E-state index contributed by atoms with van der Waals surface area (Å²) in [5.74, 6) is -0.498. The van der Waals surface area contributed by atoms with Crippen molar-refractivity contribution in [2.45, 2.75) is 43.4 Å². The number of alkyl halides is 3. The van der Waals surface area contributed by atoms with E-state index in [9.17, 15) is 22.8 Å². The molecule has 1 unspecified atom stereocenters. The van der Waals surface area contributed by atoms with Gasteiger partial charge in [-0.05, 0) is 50.6 Å². The molecule has 1 atom stereocenters. The fourth-order valence-electron chi connectivity index (χ4n) is 3.13. The monoisotopic (exact) mass is 479 g/mol. The zero-order valence-corrected chi connectivity index (χ0v) is 19.0. The summed E-state index contributed by atoms with van der Waals surface area (Å²) < 4.78 is 45.7. The van der Waals surface area contributed by atoms with Gasteiger partial charge in [0.1, 0.15) is 0 Å². The molecule has 0 spiro atoms. The molecule has 10 heteroatoms. The fraction of sp³-hybridized carbons (Fsp3) is 0.348. The van der Waals surface area contributed by atoms with Crippen LogP contribution >= 0.6 is 11.8 Å². The fourth-order valence-corrected chi connectivity index (χ4v) is 4.07. The summed E-state index contributed by atoms with van der Waals surface area (Å²) in [6, 6.07) is 11.4. The van der Waals surface area contributed by atoms with E-state index in [0.717, 1.165) is 23.9 Å². The molecule has 0 saturated carbocycles. The highest BCUT2D eigenvalue weighted by molar-refractivity contribution is 8.00. The first-order valence-corrected chi connectivity index (χ1v) is 11.3. The van der Waals surface area contributed by atoms with Gasteiger partial charge in [-0.1, -0.05) is 30.0 Å². The van der Waals surface area contributed by atoms with Crippen molar-refractivity contribution in [3.8, 4) is 0 Å². The van der Waals surface area contributed by atoms with Gasteiger partial charge < -0.3 is 10.1 Å². The van der Waals surface area contributed by atoms with Crippen LogP contribution in [0.15, 0.2) is 58.5 Å². The summed E-state index contributed by atoms with van der Waals surface area (Å²) in [5, 5.41) is 2.63. The van der Waals surface area contributed by atoms with Crippen LogP contribution in [0.25, 0.3) is 10.9 Å². The molecular weight excluding hydrogens is 455 g/mol. The van der Waals surface area contributed by atoms with E-state index in [1.54, 1.807) is 31.2 Å². The first kappa shape index (κ1) is 24.8. The van der Waals surface area contributed by atoms with Crippen LogP contribution in [0.4, 0.5) is 18.9 Å². The van der Waals surface area contributed by atoms with Crippen molar-refractivity contribution in [1.82, 2.24) is 9.55 Å². The van der Waals surface area contributed by atoms with Gasteiger partial charge in [-0.15, -0.1) is 0 Å². The summed E-state index contributed by atoms with van der Waals surface area (Å²) in [5.41, 5.74) is -0.510. The molecule has 0 fully saturated rings. The molecule has 1 amide bonds. The van der Waals surface area contributed by atoms with E-state index >= 15 is 0 Å². The molecule has 0 aliphatic heterocycles. The van der Waals surface area contributed by atoms with Gasteiger partial charge in [-0.3, -0.25) is 14.2 Å². The minimum atomic E-state index is -4.51. The van der Waals surface area contributed by atoms with Crippen LogP contribution < -0.4 is 10.9 Å². The molecule has 1 aromatic heterocycles. The number of benzene rings is 2. The van der Waals surface area contributed by atoms with E-state index in [2.05, 4.69) is 10.3 Å². The zero-order chi connectivity index (χ0) is 24.0. The van der Waals surface area contributed by atoms with Crippen molar-refractivity contribution in [1.29, 1.82) is 0 Å². The molecule has 0 bridgehead atoms. The van der Waals surface area contributed by atoms with E-state index in [0.29, 0.717) is 42.2 Å². The Balaban J connectivity index is 1.82. The quantitative estimate of drug-likeness (QED) is 0.267. The summed E-state index contributed by atoms with van der Waals surface area (Å²) in [6.07, 6.45) is -3.92. The second-order valence-electron chi connectivity index (χ2n) is 7.25. The summed E-state index contributed by atoms with van der Waals surface area (Å²) >= 11 is 1.08. The summed E-state index contributed by atoms with van der Waals surface area (Å²) in [4.78, 5) is 30.3. The number of nitrogens with zero attached hydrogens (tertiary/aromatic N) is 2. The van der Waals surface area contributed by atoms with E-state index in [1.165, 1.54) is 16.7 Å². The Morgan fingerprint density at radius 3 is 2.70 bits per heavy atom. The number of ether oxygens (including phenoxy) is 1. The number of carbonyl (C=O) groups excluding carboxylic acids is 1. The van der Waals surface area contributed by atoms with Gasteiger partial charge in [-0.25, -0.2) is 4.98 Å². The highest BCUT2D eigenvalue weighted by Crippen LogP contribution is 2.31. The number of nitrogens with one attached hydrogen (secondary N) is 1. The Morgan fingerprint density at radius 1 is 1.21 bits per heavy atom. The van der Waals surface area contributed by atoms with E-state index < -0.39 is 22.9 Å². The van der Waals surface area contributed by atoms with Gasteiger partial charge in [0.2, 0.25) is 5.91 Å². The van der Waals surface area contributed by atoms with Crippen molar-refractivity contribution >= 4 is 34.3 Å². The number of rotatable bonds is 9. The van der Waals surface area contributed by atoms with Crippen LogP contribution in [-0.2, 0) is 22.3 Å². The maximum atomic E-state index is 13.0. The highest BCUT2D eigenvalue weighted by atomic mass is 32.2. The number of amides is 1. The predicted octanol–water partition coefficient (Wildman–Crippen LogP) is 4.96. The normalized spacial score (nSPS) is 12.6. The molecule has 176 valence electrons. The van der Waals surface area contributed by atoms with Crippen molar-refractivity contribution in [3.05, 3.63) is 64.4 Å². The Hall–Kier alpha value is -2.85. The SMILES string of the molecule is CCOCCCn1c(SC(C)C(=O)Nc2cccc(C(F)(F)F)c2)nc2ccccc2c1=O. The van der Waals surface area contributed by atoms with Crippen molar-refractivity contribution < 1.29 is 22.7 Å². The number of aromatic nitrogens is 2. The first-order valence-electron chi connectivity index (χ1n) is 10.4. The lowest BCUT2D eigenvalue weighted by molar-refractivity contribution is -0.137. The van der Waals surface area contributed by atoms with Crippen molar-refractivity contribution in [2.75, 3.05) is 18.5 Å². The Bertz CT molecular complexity index is 1180. The highest BCUT2D eigenvalue weighted by Gasteiger charge is 2.30. The standard InChI is InChI=1S/C23H24F3N3O3S/c1-3-32-13-7-12-29-21(31)18-10-4-5-11-19(18)28-22(29)33-15(2)20(30)27-17-9-6-8-16(14-17)23(24,25)26/h4-6,8-11,14-15H,3,7,12-13H2,1-2H3,(H,27,30). The molecule has 0 aliphatic rings. The van der Waals surface area contributed by atoms with Crippen molar-refractivity contribution in [2.24, 2.45) is 0 Å². The number of para-hydroxylation sites is 1. The van der Waals surface area contributed by atoms with E-state index in [4.69, 9.17) is 4.74 Å². The average Bonchev–Trinajstić information content (AvgIpc) is 2.78. The lowest BCUT2D eigenvalue weighted by atomic mass is 10.2. The maximum absolute atomic E-state index is 13.0. The maximum Gasteiger partial charge on any atom is 0.416 e.